The Bertz CT molecular complexity index is 636. The number of carbonyl (C=O) groups excluding carboxylic acids is 4. The van der Waals surface area contributed by atoms with Crippen LogP contribution >= 0.6 is 0 Å². The van der Waals surface area contributed by atoms with Crippen LogP contribution in [0.5, 0.6) is 0 Å². The molecule has 2 rings (SSSR count). The van der Waals surface area contributed by atoms with Gasteiger partial charge in [0, 0.05) is 13.2 Å². The number of nitrogens with zero attached hydrogens (tertiary/aromatic N) is 2. The van der Waals surface area contributed by atoms with Gasteiger partial charge in [0.1, 0.15) is 5.69 Å². The average Bonchev–Trinajstić information content (AvgIpc) is 2.91. The number of likely N-dealkylation sites (N-methyl/N-ethyl adjacent to an activating group) is 1. The fraction of sp³-hybridized carbons (Fsp3) is 0.385. The Kier molecular flexibility index (Phi) is 3.54. The van der Waals surface area contributed by atoms with Gasteiger partial charge in [0.15, 0.2) is 0 Å². The number of ether oxygens (including phenoxy) is 1. The highest BCUT2D eigenvalue weighted by atomic mass is 16.5. The molecule has 21 heavy (non-hydrogen) atoms. The summed E-state index contributed by atoms with van der Waals surface area (Å²) in [5.74, 6) is -3.16. The van der Waals surface area contributed by atoms with Gasteiger partial charge in [-0.2, -0.15) is 0 Å². The predicted octanol–water partition coefficient (Wildman–Crippen LogP) is -0.766. The lowest BCUT2D eigenvalue weighted by molar-refractivity contribution is -0.165. The van der Waals surface area contributed by atoms with Crippen molar-refractivity contribution in [3.8, 4) is 0 Å². The summed E-state index contributed by atoms with van der Waals surface area (Å²) < 4.78 is 6.11. The molecule has 1 aliphatic rings. The van der Waals surface area contributed by atoms with Gasteiger partial charge < -0.3 is 15.0 Å². The van der Waals surface area contributed by atoms with Crippen LogP contribution in [-0.4, -0.2) is 46.8 Å². The highest BCUT2D eigenvalue weighted by Gasteiger charge is 2.56. The number of primary amides is 1. The number of fused-ring (bicyclic) bond motifs is 1. The summed E-state index contributed by atoms with van der Waals surface area (Å²) >= 11 is 0. The van der Waals surface area contributed by atoms with Gasteiger partial charge in [0.25, 0.3) is 11.8 Å². The van der Waals surface area contributed by atoms with E-state index in [9.17, 15) is 19.2 Å². The molecule has 1 atom stereocenters. The van der Waals surface area contributed by atoms with E-state index >= 15 is 0 Å². The number of amides is 3. The summed E-state index contributed by atoms with van der Waals surface area (Å²) in [7, 11) is 1.25. The number of hydrogen-bond acceptors (Lipinski definition) is 5. The number of esters is 1. The maximum absolute atomic E-state index is 12.5. The summed E-state index contributed by atoms with van der Waals surface area (Å²) in [6, 6.07) is 2.97. The van der Waals surface area contributed by atoms with Crippen LogP contribution in [0, 0.1) is 0 Å². The minimum absolute atomic E-state index is 0.0287. The van der Waals surface area contributed by atoms with Crippen LogP contribution in [0.25, 0.3) is 0 Å². The van der Waals surface area contributed by atoms with E-state index in [1.807, 2.05) is 0 Å². The molecule has 0 spiro atoms. The first-order valence-corrected chi connectivity index (χ1v) is 6.32. The van der Waals surface area contributed by atoms with Crippen LogP contribution in [0.15, 0.2) is 18.3 Å². The number of imide groups is 1. The van der Waals surface area contributed by atoms with E-state index in [-0.39, 0.29) is 12.3 Å². The third-order valence-corrected chi connectivity index (χ3v) is 3.39. The second kappa shape index (κ2) is 5.04. The Morgan fingerprint density at radius 1 is 1.38 bits per heavy atom. The van der Waals surface area contributed by atoms with E-state index < -0.39 is 35.7 Å². The first kappa shape index (κ1) is 14.8. The van der Waals surface area contributed by atoms with Crippen molar-refractivity contribution in [2.75, 3.05) is 13.7 Å². The van der Waals surface area contributed by atoms with Gasteiger partial charge in [-0.25, -0.2) is 4.79 Å². The molecule has 3 amide bonds. The van der Waals surface area contributed by atoms with E-state index in [0.717, 1.165) is 4.90 Å². The van der Waals surface area contributed by atoms with E-state index in [1.165, 1.54) is 29.9 Å². The summed E-state index contributed by atoms with van der Waals surface area (Å²) in [5.41, 5.74) is 3.34. The van der Waals surface area contributed by atoms with Crippen molar-refractivity contribution in [3.63, 3.8) is 0 Å². The number of aromatic nitrogens is 1. The van der Waals surface area contributed by atoms with E-state index in [1.54, 1.807) is 6.92 Å². The van der Waals surface area contributed by atoms with Crippen molar-refractivity contribution in [2.45, 2.75) is 18.9 Å². The number of carbonyl (C=O) groups is 4. The number of hydrogen-bond donors (Lipinski definition) is 1. The van der Waals surface area contributed by atoms with Gasteiger partial charge >= 0.3 is 5.97 Å². The zero-order valence-corrected chi connectivity index (χ0v) is 11.7. The zero-order valence-electron chi connectivity index (χ0n) is 11.7. The lowest BCUT2D eigenvalue weighted by Gasteiger charge is -2.38. The molecule has 0 saturated heterocycles. The van der Waals surface area contributed by atoms with Crippen LogP contribution < -0.4 is 5.73 Å². The topological polar surface area (TPSA) is 112 Å². The second-order valence-electron chi connectivity index (χ2n) is 4.66. The SMILES string of the molecule is CCOC(=O)C1(CC(N)=O)C(=O)N(C)C(=O)c2cccn21. The average molecular weight is 293 g/mol. The van der Waals surface area contributed by atoms with Gasteiger partial charge in [-0.05, 0) is 19.1 Å². The Hall–Kier alpha value is -2.64. The van der Waals surface area contributed by atoms with Crippen molar-refractivity contribution in [1.29, 1.82) is 0 Å². The molecule has 0 saturated carbocycles. The van der Waals surface area contributed by atoms with Crippen LogP contribution in [0.1, 0.15) is 23.8 Å². The molecular weight excluding hydrogens is 278 g/mol. The summed E-state index contributed by atoms with van der Waals surface area (Å²) in [4.78, 5) is 49.2. The van der Waals surface area contributed by atoms with Crippen molar-refractivity contribution in [2.24, 2.45) is 5.73 Å². The van der Waals surface area contributed by atoms with Crippen molar-refractivity contribution in [1.82, 2.24) is 9.47 Å². The summed E-state index contributed by atoms with van der Waals surface area (Å²) in [6.45, 7) is 1.61. The number of rotatable bonds is 4. The molecule has 0 aliphatic carbocycles. The molecule has 0 bridgehead atoms. The standard InChI is InChI=1S/C13H15N3O5/c1-3-21-12(20)13(7-9(14)17)11(19)15(2)10(18)8-5-4-6-16(8)13/h4-6H,3,7H2,1-2H3,(H2,14,17). The molecule has 1 aromatic heterocycles. The van der Waals surface area contributed by atoms with E-state index in [4.69, 9.17) is 10.5 Å². The number of nitrogens with two attached hydrogens (primary N) is 1. The van der Waals surface area contributed by atoms with Crippen molar-refractivity contribution in [3.05, 3.63) is 24.0 Å². The van der Waals surface area contributed by atoms with Gasteiger partial charge in [-0.1, -0.05) is 0 Å². The molecule has 0 aromatic carbocycles. The maximum Gasteiger partial charge on any atom is 0.342 e. The molecule has 0 radical (unpaired) electrons. The lowest BCUT2D eigenvalue weighted by atomic mass is 9.90. The minimum Gasteiger partial charge on any atom is -0.464 e. The van der Waals surface area contributed by atoms with Gasteiger partial charge in [-0.3, -0.25) is 19.3 Å². The highest BCUT2D eigenvalue weighted by molar-refractivity contribution is 6.17. The first-order chi connectivity index (χ1) is 9.86. The largest absolute Gasteiger partial charge is 0.464 e. The van der Waals surface area contributed by atoms with E-state index in [2.05, 4.69) is 0 Å². The second-order valence-corrected chi connectivity index (χ2v) is 4.66. The monoisotopic (exact) mass is 293 g/mol. The fourth-order valence-electron chi connectivity index (χ4n) is 2.45. The molecule has 112 valence electrons. The fourth-order valence-corrected chi connectivity index (χ4v) is 2.45. The Morgan fingerprint density at radius 3 is 2.62 bits per heavy atom. The normalized spacial score (nSPS) is 21.1. The molecule has 1 aliphatic heterocycles. The van der Waals surface area contributed by atoms with Gasteiger partial charge in [-0.15, -0.1) is 0 Å². The molecule has 8 heteroatoms. The predicted molar refractivity (Wildman–Crippen MR) is 70.0 cm³/mol. The van der Waals surface area contributed by atoms with E-state index in [0.29, 0.717) is 0 Å². The quantitative estimate of drug-likeness (QED) is 0.445. The third-order valence-electron chi connectivity index (χ3n) is 3.39. The molecular formula is C13H15N3O5. The molecule has 2 N–H and O–H groups in total. The van der Waals surface area contributed by atoms with Gasteiger partial charge in [0.05, 0.1) is 13.0 Å². The van der Waals surface area contributed by atoms with Crippen LogP contribution in [0.3, 0.4) is 0 Å². The maximum atomic E-state index is 12.5. The van der Waals surface area contributed by atoms with Crippen molar-refractivity contribution >= 4 is 23.7 Å². The van der Waals surface area contributed by atoms with Crippen LogP contribution in [0.4, 0.5) is 0 Å². The van der Waals surface area contributed by atoms with Crippen LogP contribution in [0.2, 0.25) is 0 Å². The highest BCUT2D eigenvalue weighted by Crippen LogP contribution is 2.32. The molecule has 1 aromatic rings. The molecule has 0 fully saturated rings. The molecule has 1 unspecified atom stereocenters. The van der Waals surface area contributed by atoms with Gasteiger partial charge in [0.2, 0.25) is 11.4 Å². The summed E-state index contributed by atoms with van der Waals surface area (Å²) in [5, 5.41) is 0. The third kappa shape index (κ3) is 1.99. The molecule has 2 heterocycles. The lowest BCUT2D eigenvalue weighted by Crippen LogP contribution is -2.62. The Morgan fingerprint density at radius 2 is 2.05 bits per heavy atom. The zero-order chi connectivity index (χ0) is 15.8. The summed E-state index contributed by atoms with van der Waals surface area (Å²) in [6.07, 6.45) is 0.807. The molecule has 8 nitrogen and oxygen atoms in total. The smallest absolute Gasteiger partial charge is 0.342 e. The minimum atomic E-state index is -1.97. The van der Waals surface area contributed by atoms with Crippen molar-refractivity contribution < 1.29 is 23.9 Å². The Balaban J connectivity index is 2.70. The Labute approximate surface area is 120 Å². The first-order valence-electron chi connectivity index (χ1n) is 6.32. The van der Waals surface area contributed by atoms with Crippen LogP contribution in [-0.2, 0) is 24.7 Å².